The van der Waals surface area contributed by atoms with Crippen molar-refractivity contribution < 1.29 is 36.6 Å². The number of carbonyl (C=O) groups is 2. The van der Waals surface area contributed by atoms with E-state index in [0.29, 0.717) is 0 Å². The minimum Gasteiger partial charge on any atom is -0.481 e. The molecule has 0 heterocycles. The number of carboxylic acids is 1. The fourth-order valence-corrected chi connectivity index (χ4v) is 4.03. The summed E-state index contributed by atoms with van der Waals surface area (Å²) < 4.78 is 47.8. The van der Waals surface area contributed by atoms with Gasteiger partial charge in [0.05, 0.1) is 34.3 Å². The van der Waals surface area contributed by atoms with Crippen LogP contribution in [0.25, 0.3) is 0 Å². The second kappa shape index (κ2) is 8.92. The fourth-order valence-electron chi connectivity index (χ4n) is 1.84. The number of aliphatic hydroxyl groups is 1. The largest absolute Gasteiger partial charge is 0.481 e. The van der Waals surface area contributed by atoms with Gasteiger partial charge in [0.15, 0.2) is 19.7 Å². The van der Waals surface area contributed by atoms with Crippen LogP contribution in [0, 0.1) is 0 Å². The van der Waals surface area contributed by atoms with Crippen molar-refractivity contribution >= 4 is 31.6 Å². The van der Waals surface area contributed by atoms with Crippen LogP contribution in [0.4, 0.5) is 0 Å². The Morgan fingerprint density at radius 1 is 0.880 bits per heavy atom. The number of aliphatic carboxylic acids is 1. The molecule has 0 saturated carbocycles. The maximum atomic E-state index is 12.1. The Labute approximate surface area is 145 Å². The minimum absolute atomic E-state index is 0.0949. The molecule has 25 heavy (non-hydrogen) atoms. The number of carboxylic acid groups (broad SMARTS) is 1. The van der Waals surface area contributed by atoms with Crippen LogP contribution >= 0.6 is 0 Å². The molecule has 0 bridgehead atoms. The van der Waals surface area contributed by atoms with E-state index >= 15 is 0 Å². The molecule has 1 aromatic rings. The maximum Gasteiger partial charge on any atom is 0.303 e. The number of sulfone groups is 2. The van der Waals surface area contributed by atoms with E-state index < -0.39 is 49.7 Å². The van der Waals surface area contributed by atoms with Gasteiger partial charge < -0.3 is 15.5 Å². The highest BCUT2D eigenvalue weighted by Crippen LogP contribution is 2.16. The second-order valence-electron chi connectivity index (χ2n) is 5.08. The molecule has 1 aromatic carbocycles. The molecule has 140 valence electrons. The molecule has 0 aliphatic rings. The molecule has 0 aliphatic carbocycles. The zero-order chi connectivity index (χ0) is 19.1. The van der Waals surface area contributed by atoms with Crippen molar-refractivity contribution in [3.63, 3.8) is 0 Å². The summed E-state index contributed by atoms with van der Waals surface area (Å²) >= 11 is 0. The molecule has 0 aliphatic heterocycles. The number of amides is 1. The van der Waals surface area contributed by atoms with Gasteiger partial charge in [-0.05, 0) is 24.3 Å². The summed E-state index contributed by atoms with van der Waals surface area (Å²) in [6, 6.07) is 4.57. The van der Waals surface area contributed by atoms with Crippen molar-refractivity contribution in [2.45, 2.75) is 22.6 Å². The summed E-state index contributed by atoms with van der Waals surface area (Å²) in [5, 5.41) is 19.5. The highest BCUT2D eigenvalue weighted by Gasteiger charge is 2.18. The van der Waals surface area contributed by atoms with E-state index in [0.717, 1.165) is 24.3 Å². The van der Waals surface area contributed by atoms with Gasteiger partial charge >= 0.3 is 5.97 Å². The van der Waals surface area contributed by atoms with E-state index in [1.807, 2.05) is 0 Å². The lowest BCUT2D eigenvalue weighted by atomic mass is 10.3. The van der Waals surface area contributed by atoms with Gasteiger partial charge in [-0.15, -0.1) is 0 Å². The van der Waals surface area contributed by atoms with Crippen LogP contribution in [0.2, 0.25) is 0 Å². The minimum atomic E-state index is -3.74. The standard InChI is InChI=1S/C14H19NO8S2/c16-8-10-25(22,23)12-3-1-11(2-4-12)24(20,21)9-7-15-13(17)5-6-14(18)19/h1-4,16H,5-10H2,(H,15,17)(H,18,19). The number of aliphatic hydroxyl groups excluding tert-OH is 1. The van der Waals surface area contributed by atoms with Gasteiger partial charge in [0.2, 0.25) is 5.91 Å². The molecule has 9 nitrogen and oxygen atoms in total. The van der Waals surface area contributed by atoms with Gasteiger partial charge in [-0.25, -0.2) is 16.8 Å². The van der Waals surface area contributed by atoms with Crippen LogP contribution in [0.3, 0.4) is 0 Å². The van der Waals surface area contributed by atoms with E-state index in [9.17, 15) is 26.4 Å². The maximum absolute atomic E-state index is 12.1. The lowest BCUT2D eigenvalue weighted by Crippen LogP contribution is -2.29. The zero-order valence-electron chi connectivity index (χ0n) is 13.2. The Morgan fingerprint density at radius 3 is 1.80 bits per heavy atom. The molecule has 0 saturated heterocycles. The van der Waals surface area contributed by atoms with Crippen molar-refractivity contribution in [2.24, 2.45) is 0 Å². The summed E-state index contributed by atoms with van der Waals surface area (Å²) in [5.74, 6) is -2.56. The normalized spacial score (nSPS) is 11.9. The summed E-state index contributed by atoms with van der Waals surface area (Å²) in [4.78, 5) is 21.5. The SMILES string of the molecule is O=C(O)CCC(=O)NCCS(=O)(=O)c1ccc(S(=O)(=O)CCO)cc1. The van der Waals surface area contributed by atoms with Gasteiger partial charge in [-0.1, -0.05) is 0 Å². The number of hydrogen-bond donors (Lipinski definition) is 3. The average molecular weight is 393 g/mol. The molecular weight excluding hydrogens is 374 g/mol. The van der Waals surface area contributed by atoms with E-state index in [1.54, 1.807) is 0 Å². The highest BCUT2D eigenvalue weighted by molar-refractivity contribution is 7.92. The third kappa shape index (κ3) is 6.80. The summed E-state index contributed by atoms with van der Waals surface area (Å²) in [5.41, 5.74) is 0. The third-order valence-electron chi connectivity index (χ3n) is 3.16. The Hall–Kier alpha value is -1.98. The van der Waals surface area contributed by atoms with E-state index in [2.05, 4.69) is 5.32 Å². The number of benzene rings is 1. The zero-order valence-corrected chi connectivity index (χ0v) is 14.8. The lowest BCUT2D eigenvalue weighted by Gasteiger charge is -2.07. The first-order chi connectivity index (χ1) is 11.6. The van der Waals surface area contributed by atoms with Crippen LogP contribution in [0.15, 0.2) is 34.1 Å². The Balaban J connectivity index is 2.67. The first-order valence-corrected chi connectivity index (χ1v) is 10.5. The second-order valence-corrected chi connectivity index (χ2v) is 9.29. The molecule has 0 spiro atoms. The van der Waals surface area contributed by atoms with Gasteiger partial charge in [-0.2, -0.15) is 0 Å². The molecule has 1 amide bonds. The Kier molecular flexibility index (Phi) is 7.52. The van der Waals surface area contributed by atoms with Crippen molar-refractivity contribution in [3.8, 4) is 0 Å². The molecule has 0 unspecified atom stereocenters. The van der Waals surface area contributed by atoms with Crippen LogP contribution in [-0.4, -0.2) is 63.6 Å². The predicted molar refractivity (Wildman–Crippen MR) is 87.5 cm³/mol. The van der Waals surface area contributed by atoms with E-state index in [4.69, 9.17) is 10.2 Å². The third-order valence-corrected chi connectivity index (χ3v) is 6.60. The van der Waals surface area contributed by atoms with Gasteiger partial charge in [0.1, 0.15) is 0 Å². The van der Waals surface area contributed by atoms with Gasteiger partial charge in [0.25, 0.3) is 0 Å². The molecule has 11 heteroatoms. The van der Waals surface area contributed by atoms with Gasteiger partial charge in [0, 0.05) is 13.0 Å². The number of nitrogens with one attached hydrogen (secondary N) is 1. The first-order valence-electron chi connectivity index (χ1n) is 7.23. The van der Waals surface area contributed by atoms with Gasteiger partial charge in [-0.3, -0.25) is 9.59 Å². The number of hydrogen-bond acceptors (Lipinski definition) is 7. The quantitative estimate of drug-likeness (QED) is 0.467. The molecule has 0 atom stereocenters. The molecule has 1 rings (SSSR count). The highest BCUT2D eigenvalue weighted by atomic mass is 32.2. The summed E-state index contributed by atoms with van der Waals surface area (Å²) in [7, 11) is -7.40. The number of rotatable bonds is 10. The predicted octanol–water partition coefficient (Wildman–Crippen LogP) is -0.793. The van der Waals surface area contributed by atoms with Crippen LogP contribution in [0.1, 0.15) is 12.8 Å². The summed E-state index contributed by atoms with van der Waals surface area (Å²) in [6.45, 7) is -0.727. The topological polar surface area (TPSA) is 155 Å². The Bertz CT molecular complexity index is 813. The monoisotopic (exact) mass is 393 g/mol. The first kappa shape index (κ1) is 21.1. The van der Waals surface area contributed by atoms with Crippen molar-refractivity contribution in [1.82, 2.24) is 5.32 Å². The van der Waals surface area contributed by atoms with E-state index in [-0.39, 0.29) is 29.2 Å². The molecular formula is C14H19NO8S2. The molecule has 3 N–H and O–H groups in total. The smallest absolute Gasteiger partial charge is 0.303 e. The molecule has 0 fully saturated rings. The van der Waals surface area contributed by atoms with Crippen molar-refractivity contribution in [1.29, 1.82) is 0 Å². The molecule has 0 radical (unpaired) electrons. The number of carbonyl (C=O) groups excluding carboxylic acids is 1. The van der Waals surface area contributed by atoms with Crippen LogP contribution < -0.4 is 5.32 Å². The summed E-state index contributed by atoms with van der Waals surface area (Å²) in [6.07, 6.45) is -0.588. The van der Waals surface area contributed by atoms with E-state index in [1.165, 1.54) is 0 Å². The molecule has 0 aromatic heterocycles. The van der Waals surface area contributed by atoms with Crippen LogP contribution in [0.5, 0.6) is 0 Å². The Morgan fingerprint density at radius 2 is 1.36 bits per heavy atom. The van der Waals surface area contributed by atoms with Crippen molar-refractivity contribution in [2.75, 3.05) is 24.7 Å². The lowest BCUT2D eigenvalue weighted by molar-refractivity contribution is -0.138. The van der Waals surface area contributed by atoms with Crippen LogP contribution in [-0.2, 0) is 29.3 Å². The van der Waals surface area contributed by atoms with Crippen molar-refractivity contribution in [3.05, 3.63) is 24.3 Å². The fraction of sp³-hybridized carbons (Fsp3) is 0.429. The average Bonchev–Trinajstić information content (AvgIpc) is 2.53.